The summed E-state index contributed by atoms with van der Waals surface area (Å²) < 4.78 is 31.1. The largest absolute Gasteiger partial charge is 0.456 e. The van der Waals surface area contributed by atoms with E-state index in [1.807, 2.05) is 13.8 Å². The van der Waals surface area contributed by atoms with Gasteiger partial charge in [0.05, 0.1) is 11.3 Å². The lowest BCUT2D eigenvalue weighted by Gasteiger charge is -2.09. The van der Waals surface area contributed by atoms with E-state index in [1.165, 1.54) is 24.3 Å². The minimum atomic E-state index is -3.72. The zero-order chi connectivity index (χ0) is 18.9. The van der Waals surface area contributed by atoms with E-state index >= 15 is 0 Å². The fraction of sp³-hybridized carbons (Fsp3) is 0.500. The monoisotopic (exact) mass is 390 g/mol. The third kappa shape index (κ3) is 8.85. The molecular weight excluding hydrogens is 368 g/mol. The molecule has 0 spiro atoms. The average Bonchev–Trinajstić information content (AvgIpc) is 2.53. The Morgan fingerprint density at radius 2 is 1.80 bits per heavy atom. The molecule has 1 amide bonds. The van der Waals surface area contributed by atoms with E-state index in [4.69, 9.17) is 16.3 Å². The maximum Gasteiger partial charge on any atom is 0.307 e. The molecule has 1 aromatic carbocycles. The molecule has 0 aliphatic rings. The maximum absolute atomic E-state index is 12.0. The third-order valence-corrected chi connectivity index (χ3v) is 4.88. The molecule has 0 aliphatic carbocycles. The van der Waals surface area contributed by atoms with Gasteiger partial charge in [-0.1, -0.05) is 25.4 Å². The number of halogens is 1. The molecule has 7 nitrogen and oxygen atoms in total. The topological polar surface area (TPSA) is 102 Å². The van der Waals surface area contributed by atoms with Crippen LogP contribution in [0.25, 0.3) is 0 Å². The molecule has 1 aromatic rings. The van der Waals surface area contributed by atoms with Gasteiger partial charge in [0.15, 0.2) is 6.61 Å². The fourth-order valence-electron chi connectivity index (χ4n) is 1.75. The van der Waals surface area contributed by atoms with Crippen LogP contribution in [0.2, 0.25) is 5.02 Å². The van der Waals surface area contributed by atoms with E-state index in [9.17, 15) is 18.0 Å². The second kappa shape index (κ2) is 10.4. The van der Waals surface area contributed by atoms with Crippen LogP contribution in [-0.2, 0) is 24.3 Å². The van der Waals surface area contributed by atoms with Crippen LogP contribution in [0.15, 0.2) is 29.2 Å². The summed E-state index contributed by atoms with van der Waals surface area (Å²) in [5.41, 5.74) is 0. The van der Waals surface area contributed by atoms with E-state index < -0.39 is 16.0 Å². The first kappa shape index (κ1) is 21.4. The summed E-state index contributed by atoms with van der Waals surface area (Å²) in [5.74, 6) is -0.565. The standard InChI is InChI=1S/C16H23ClN2O5S/c1-12(2)7-9-18-15(20)11-24-16(21)8-10-19-25(22,23)14-5-3-13(17)4-6-14/h3-6,12,19H,7-11H2,1-2H3,(H,18,20). The van der Waals surface area contributed by atoms with Gasteiger partial charge in [0, 0.05) is 18.1 Å². The summed E-state index contributed by atoms with van der Waals surface area (Å²) in [6.07, 6.45) is 0.665. The number of carbonyl (C=O) groups is 2. The van der Waals surface area contributed by atoms with Gasteiger partial charge in [-0.05, 0) is 36.6 Å². The number of rotatable bonds is 10. The van der Waals surface area contributed by atoms with Crippen LogP contribution in [-0.4, -0.2) is 40.0 Å². The Labute approximate surface area is 153 Å². The minimum Gasteiger partial charge on any atom is -0.456 e. The van der Waals surface area contributed by atoms with Crippen molar-refractivity contribution in [2.75, 3.05) is 19.7 Å². The zero-order valence-electron chi connectivity index (χ0n) is 14.2. The minimum absolute atomic E-state index is 0.0507. The van der Waals surface area contributed by atoms with Gasteiger partial charge < -0.3 is 10.1 Å². The Bertz CT molecular complexity index is 674. The van der Waals surface area contributed by atoms with E-state index in [-0.39, 0.29) is 30.4 Å². The van der Waals surface area contributed by atoms with Crippen LogP contribution in [0.4, 0.5) is 0 Å². The number of ether oxygens (including phenoxy) is 1. The lowest BCUT2D eigenvalue weighted by atomic mass is 10.1. The average molecular weight is 391 g/mol. The van der Waals surface area contributed by atoms with E-state index in [0.29, 0.717) is 17.5 Å². The number of sulfonamides is 1. The number of hydrogen-bond donors (Lipinski definition) is 2. The molecule has 0 heterocycles. The summed E-state index contributed by atoms with van der Waals surface area (Å²) >= 11 is 5.71. The van der Waals surface area contributed by atoms with Gasteiger partial charge in [-0.2, -0.15) is 0 Å². The Morgan fingerprint density at radius 1 is 1.16 bits per heavy atom. The van der Waals surface area contributed by atoms with Crippen molar-refractivity contribution < 1.29 is 22.7 Å². The van der Waals surface area contributed by atoms with E-state index in [2.05, 4.69) is 10.0 Å². The predicted molar refractivity (Wildman–Crippen MR) is 94.7 cm³/mol. The molecule has 0 saturated heterocycles. The molecule has 0 atom stereocenters. The molecule has 1 rings (SSSR count). The van der Waals surface area contributed by atoms with Crippen LogP contribution < -0.4 is 10.0 Å². The van der Waals surface area contributed by atoms with Gasteiger partial charge in [-0.3, -0.25) is 9.59 Å². The smallest absolute Gasteiger partial charge is 0.307 e. The normalized spacial score (nSPS) is 11.4. The lowest BCUT2D eigenvalue weighted by Crippen LogP contribution is -2.31. The first-order valence-corrected chi connectivity index (χ1v) is 9.74. The number of hydrogen-bond acceptors (Lipinski definition) is 5. The second-order valence-electron chi connectivity index (χ2n) is 5.79. The molecule has 0 fully saturated rings. The maximum atomic E-state index is 12.0. The van der Waals surface area contributed by atoms with Crippen LogP contribution in [0.5, 0.6) is 0 Å². The third-order valence-electron chi connectivity index (χ3n) is 3.15. The summed E-state index contributed by atoms with van der Waals surface area (Å²) in [5, 5.41) is 3.06. The Kier molecular flexibility index (Phi) is 8.88. The quantitative estimate of drug-likeness (QED) is 0.592. The van der Waals surface area contributed by atoms with Gasteiger partial charge in [0.2, 0.25) is 10.0 Å². The lowest BCUT2D eigenvalue weighted by molar-refractivity contribution is -0.148. The molecule has 0 radical (unpaired) electrons. The number of benzene rings is 1. The van der Waals surface area contributed by atoms with Crippen molar-refractivity contribution in [3.63, 3.8) is 0 Å². The number of carbonyl (C=O) groups excluding carboxylic acids is 2. The van der Waals surface area contributed by atoms with Crippen molar-refractivity contribution in [1.82, 2.24) is 10.0 Å². The summed E-state index contributed by atoms with van der Waals surface area (Å²) in [6, 6.07) is 5.65. The molecule has 9 heteroatoms. The van der Waals surface area contributed by atoms with Crippen molar-refractivity contribution in [3.05, 3.63) is 29.3 Å². The predicted octanol–water partition coefficient (Wildman–Crippen LogP) is 1.71. The molecule has 0 bridgehead atoms. The van der Waals surface area contributed by atoms with Gasteiger partial charge in [0.1, 0.15) is 0 Å². The van der Waals surface area contributed by atoms with Crippen molar-refractivity contribution in [2.24, 2.45) is 5.92 Å². The highest BCUT2D eigenvalue weighted by Crippen LogP contribution is 2.13. The molecule has 0 aliphatic heterocycles. The number of amides is 1. The van der Waals surface area contributed by atoms with Crippen molar-refractivity contribution in [2.45, 2.75) is 31.6 Å². The highest BCUT2D eigenvalue weighted by molar-refractivity contribution is 7.89. The Hall–Kier alpha value is -1.64. The molecular formula is C16H23ClN2O5S. The summed E-state index contributed by atoms with van der Waals surface area (Å²) in [6.45, 7) is 4.10. The van der Waals surface area contributed by atoms with Crippen molar-refractivity contribution in [3.8, 4) is 0 Å². The first-order valence-electron chi connectivity index (χ1n) is 7.88. The van der Waals surface area contributed by atoms with Crippen LogP contribution in [0.1, 0.15) is 26.7 Å². The van der Waals surface area contributed by atoms with Gasteiger partial charge in [-0.25, -0.2) is 13.1 Å². The van der Waals surface area contributed by atoms with Gasteiger partial charge in [0.25, 0.3) is 5.91 Å². The highest BCUT2D eigenvalue weighted by Gasteiger charge is 2.14. The molecule has 25 heavy (non-hydrogen) atoms. The first-order chi connectivity index (χ1) is 11.7. The summed E-state index contributed by atoms with van der Waals surface area (Å²) in [7, 11) is -3.72. The van der Waals surface area contributed by atoms with Gasteiger partial charge >= 0.3 is 5.97 Å². The molecule has 2 N–H and O–H groups in total. The van der Waals surface area contributed by atoms with Crippen LogP contribution in [0.3, 0.4) is 0 Å². The molecule has 0 saturated carbocycles. The summed E-state index contributed by atoms with van der Waals surface area (Å²) in [4.78, 5) is 23.1. The Balaban J connectivity index is 2.28. The van der Waals surface area contributed by atoms with E-state index in [1.54, 1.807) is 0 Å². The fourth-order valence-corrected chi connectivity index (χ4v) is 2.91. The molecule has 140 valence electrons. The Morgan fingerprint density at radius 3 is 2.40 bits per heavy atom. The SMILES string of the molecule is CC(C)CCNC(=O)COC(=O)CCNS(=O)(=O)c1ccc(Cl)cc1. The van der Waals surface area contributed by atoms with Crippen LogP contribution >= 0.6 is 11.6 Å². The number of esters is 1. The molecule has 0 unspecified atom stereocenters. The van der Waals surface area contributed by atoms with Gasteiger partial charge in [-0.15, -0.1) is 0 Å². The van der Waals surface area contributed by atoms with Crippen molar-refractivity contribution >= 4 is 33.5 Å². The van der Waals surface area contributed by atoms with Crippen molar-refractivity contribution in [1.29, 1.82) is 0 Å². The zero-order valence-corrected chi connectivity index (χ0v) is 15.8. The van der Waals surface area contributed by atoms with Crippen LogP contribution in [0, 0.1) is 5.92 Å². The molecule has 0 aromatic heterocycles. The highest BCUT2D eigenvalue weighted by atomic mass is 35.5. The number of nitrogens with one attached hydrogen (secondary N) is 2. The van der Waals surface area contributed by atoms with E-state index in [0.717, 1.165) is 6.42 Å². The second-order valence-corrected chi connectivity index (χ2v) is 8.00.